The van der Waals surface area contributed by atoms with Crippen molar-refractivity contribution >= 4 is 12.1 Å². The molecule has 1 aliphatic rings. The van der Waals surface area contributed by atoms with Gasteiger partial charge >= 0.3 is 12.1 Å². The molecule has 2 N–H and O–H groups in total. The highest BCUT2D eigenvalue weighted by Crippen LogP contribution is 2.44. The van der Waals surface area contributed by atoms with Crippen LogP contribution in [0.25, 0.3) is 11.1 Å². The summed E-state index contributed by atoms with van der Waals surface area (Å²) in [4.78, 5) is 25.6. The largest absolute Gasteiger partial charge is 0.480 e. The van der Waals surface area contributed by atoms with Crippen molar-refractivity contribution in [3.8, 4) is 11.1 Å². The van der Waals surface area contributed by atoms with E-state index in [1.54, 1.807) is 0 Å². The quantitative estimate of drug-likeness (QED) is 0.312. The van der Waals surface area contributed by atoms with Gasteiger partial charge in [0.15, 0.2) is 0 Å². The summed E-state index contributed by atoms with van der Waals surface area (Å²) in [6, 6.07) is 30.3. The number of aryl methyl sites for hydroxylation is 2. The summed E-state index contributed by atoms with van der Waals surface area (Å²) in [6.45, 7) is 4.02. The number of ether oxygens (including phenoxy) is 1. The number of hydrogen-bond acceptors (Lipinski definition) is 3. The van der Waals surface area contributed by atoms with Gasteiger partial charge in [0.25, 0.3) is 0 Å². The Kier molecular flexibility index (Phi) is 6.78. The third kappa shape index (κ3) is 4.73. The molecule has 1 amide bonds. The van der Waals surface area contributed by atoms with Crippen molar-refractivity contribution in [1.82, 2.24) is 5.32 Å². The van der Waals surface area contributed by atoms with Crippen molar-refractivity contribution in [2.45, 2.75) is 31.7 Å². The van der Waals surface area contributed by atoms with Gasteiger partial charge in [-0.1, -0.05) is 97.1 Å². The van der Waals surface area contributed by atoms with Gasteiger partial charge in [-0.2, -0.15) is 0 Å². The molecule has 4 aromatic rings. The van der Waals surface area contributed by atoms with Crippen LogP contribution in [0.2, 0.25) is 0 Å². The molecule has 0 saturated heterocycles. The van der Waals surface area contributed by atoms with E-state index in [-0.39, 0.29) is 12.5 Å². The molecule has 0 unspecified atom stereocenters. The second-order valence-electron chi connectivity index (χ2n) is 9.48. The lowest BCUT2D eigenvalue weighted by Crippen LogP contribution is -2.46. The van der Waals surface area contributed by atoms with E-state index in [2.05, 4.69) is 17.4 Å². The maximum Gasteiger partial charge on any atom is 0.407 e. The Hall–Kier alpha value is -4.38. The summed E-state index contributed by atoms with van der Waals surface area (Å²) in [5.41, 5.74) is 8.08. The van der Waals surface area contributed by atoms with E-state index in [9.17, 15) is 14.7 Å². The second kappa shape index (κ2) is 10.3. The van der Waals surface area contributed by atoms with E-state index in [1.807, 2.05) is 98.8 Å². The van der Waals surface area contributed by atoms with Crippen LogP contribution < -0.4 is 5.32 Å². The Morgan fingerprint density at radius 2 is 1.22 bits per heavy atom. The van der Waals surface area contributed by atoms with Gasteiger partial charge in [0.1, 0.15) is 12.6 Å². The maximum absolute atomic E-state index is 13.1. The van der Waals surface area contributed by atoms with E-state index < -0.39 is 24.0 Å². The number of nitrogens with one attached hydrogen (secondary N) is 1. The van der Waals surface area contributed by atoms with Gasteiger partial charge in [-0.05, 0) is 58.4 Å². The van der Waals surface area contributed by atoms with E-state index in [1.165, 1.54) is 0 Å². The topological polar surface area (TPSA) is 75.6 Å². The predicted octanol–water partition coefficient (Wildman–Crippen LogP) is 6.43. The molecule has 0 spiro atoms. The minimum Gasteiger partial charge on any atom is -0.480 e. The van der Waals surface area contributed by atoms with Gasteiger partial charge < -0.3 is 15.2 Å². The summed E-state index contributed by atoms with van der Waals surface area (Å²) in [5, 5.41) is 12.9. The highest BCUT2D eigenvalue weighted by molar-refractivity contribution is 5.82. The van der Waals surface area contributed by atoms with E-state index in [4.69, 9.17) is 4.74 Å². The minimum atomic E-state index is -1.21. The molecule has 1 aliphatic carbocycles. The van der Waals surface area contributed by atoms with E-state index >= 15 is 0 Å². The molecule has 0 fully saturated rings. The normalized spacial score (nSPS) is 13.1. The maximum atomic E-state index is 13.1. The van der Waals surface area contributed by atoms with Gasteiger partial charge in [-0.15, -0.1) is 0 Å². The molecular weight excluding hydrogens is 462 g/mol. The van der Waals surface area contributed by atoms with Gasteiger partial charge in [-0.3, -0.25) is 0 Å². The Balaban J connectivity index is 1.41. The summed E-state index contributed by atoms with van der Waals surface area (Å²) < 4.78 is 5.69. The zero-order valence-electron chi connectivity index (χ0n) is 20.8. The first kappa shape index (κ1) is 24.3. The van der Waals surface area contributed by atoms with E-state index in [0.29, 0.717) is 0 Å². The summed E-state index contributed by atoms with van der Waals surface area (Å²) in [6.07, 6.45) is -0.749. The molecule has 1 atom stereocenters. The monoisotopic (exact) mass is 491 g/mol. The molecule has 5 heteroatoms. The third-order valence-corrected chi connectivity index (χ3v) is 7.26. The Bertz CT molecular complexity index is 1370. The second-order valence-corrected chi connectivity index (χ2v) is 9.48. The van der Waals surface area contributed by atoms with Crippen molar-refractivity contribution in [2.75, 3.05) is 6.61 Å². The number of fused-ring (bicyclic) bond motifs is 3. The lowest BCUT2D eigenvalue weighted by Gasteiger charge is -2.28. The molecule has 0 bridgehead atoms. The van der Waals surface area contributed by atoms with Crippen molar-refractivity contribution in [1.29, 1.82) is 0 Å². The Morgan fingerprint density at radius 3 is 1.70 bits per heavy atom. The zero-order valence-corrected chi connectivity index (χ0v) is 20.8. The summed E-state index contributed by atoms with van der Waals surface area (Å²) in [5.74, 6) is -1.81. The first-order valence-electron chi connectivity index (χ1n) is 12.4. The highest BCUT2D eigenvalue weighted by Gasteiger charge is 2.35. The van der Waals surface area contributed by atoms with Crippen LogP contribution in [0.4, 0.5) is 4.79 Å². The molecule has 0 aliphatic heterocycles. The summed E-state index contributed by atoms with van der Waals surface area (Å²) >= 11 is 0. The van der Waals surface area contributed by atoms with Gasteiger partial charge in [-0.25, -0.2) is 9.59 Å². The number of amides is 1. The summed E-state index contributed by atoms with van der Waals surface area (Å²) in [7, 11) is 0. The molecular formula is C32H29NO4. The number of hydrogen-bond donors (Lipinski definition) is 2. The number of carboxylic acid groups (broad SMARTS) is 1. The number of rotatable bonds is 7. The smallest absolute Gasteiger partial charge is 0.407 e. The van der Waals surface area contributed by atoms with Crippen molar-refractivity contribution in [2.24, 2.45) is 0 Å². The average Bonchev–Trinajstić information content (AvgIpc) is 3.22. The van der Waals surface area contributed by atoms with Gasteiger partial charge in [0.2, 0.25) is 0 Å². The van der Waals surface area contributed by atoms with Gasteiger partial charge in [0.05, 0.1) is 0 Å². The fourth-order valence-electron chi connectivity index (χ4n) is 5.45. The van der Waals surface area contributed by atoms with Crippen LogP contribution in [0.5, 0.6) is 0 Å². The van der Waals surface area contributed by atoms with Crippen molar-refractivity contribution in [3.63, 3.8) is 0 Å². The molecule has 186 valence electrons. The van der Waals surface area contributed by atoms with Crippen molar-refractivity contribution in [3.05, 3.63) is 130 Å². The molecule has 5 rings (SSSR count). The van der Waals surface area contributed by atoms with Crippen LogP contribution in [-0.4, -0.2) is 29.8 Å². The molecule has 0 radical (unpaired) electrons. The SMILES string of the molecule is Cc1ccccc1C(c1ccccc1C)[C@H](NC(=O)OCC1c2ccccc2-c2ccccc21)C(=O)O. The standard InChI is InChI=1S/C32H29NO4/c1-20-11-3-5-13-22(20)29(23-14-6-4-12-21(23)2)30(31(34)35)33-32(36)37-19-28-26-17-9-7-15-24(26)25-16-8-10-18-27(25)28/h3-18,28-30H,19H2,1-2H3,(H,33,36)(H,34,35)/t30-/m0/s1. The zero-order chi connectivity index (χ0) is 25.9. The third-order valence-electron chi connectivity index (χ3n) is 7.26. The average molecular weight is 492 g/mol. The van der Waals surface area contributed by atoms with E-state index in [0.717, 1.165) is 44.5 Å². The lowest BCUT2D eigenvalue weighted by atomic mass is 9.81. The van der Waals surface area contributed by atoms with Crippen LogP contribution in [0.3, 0.4) is 0 Å². The molecule has 0 heterocycles. The van der Waals surface area contributed by atoms with Crippen LogP contribution in [0, 0.1) is 13.8 Å². The minimum absolute atomic E-state index is 0.107. The number of carbonyl (C=O) groups excluding carboxylic acids is 1. The predicted molar refractivity (Wildman–Crippen MR) is 144 cm³/mol. The molecule has 0 aromatic heterocycles. The molecule has 0 saturated carbocycles. The fourth-order valence-corrected chi connectivity index (χ4v) is 5.45. The number of carbonyl (C=O) groups is 2. The molecule has 5 nitrogen and oxygen atoms in total. The number of carboxylic acids is 1. The number of benzene rings is 4. The number of alkyl carbamates (subject to hydrolysis) is 1. The van der Waals surface area contributed by atoms with Crippen molar-refractivity contribution < 1.29 is 19.4 Å². The van der Waals surface area contributed by atoms with Crippen LogP contribution in [0.1, 0.15) is 45.2 Å². The van der Waals surface area contributed by atoms with Crippen LogP contribution in [0.15, 0.2) is 97.1 Å². The first-order chi connectivity index (χ1) is 18.0. The Labute approximate surface area is 216 Å². The highest BCUT2D eigenvalue weighted by atomic mass is 16.5. The van der Waals surface area contributed by atoms with Crippen LogP contribution in [-0.2, 0) is 9.53 Å². The van der Waals surface area contributed by atoms with Crippen LogP contribution >= 0.6 is 0 Å². The first-order valence-corrected chi connectivity index (χ1v) is 12.4. The lowest BCUT2D eigenvalue weighted by molar-refractivity contribution is -0.139. The number of aliphatic carboxylic acids is 1. The van der Waals surface area contributed by atoms with Gasteiger partial charge in [0, 0.05) is 11.8 Å². The fraction of sp³-hybridized carbons (Fsp3) is 0.188. The molecule has 37 heavy (non-hydrogen) atoms. The molecule has 4 aromatic carbocycles. The Morgan fingerprint density at radius 1 is 0.757 bits per heavy atom.